The molecule has 0 amide bonds. The van der Waals surface area contributed by atoms with Gasteiger partial charge in [0.25, 0.3) is 10.0 Å². The molecule has 0 aliphatic carbocycles. The van der Waals surface area contributed by atoms with E-state index in [1.807, 2.05) is 0 Å². The average Bonchev–Trinajstić information content (AvgIpc) is 2.83. The summed E-state index contributed by atoms with van der Waals surface area (Å²) < 4.78 is 34.2. The molecule has 0 unspecified atom stereocenters. The van der Waals surface area contributed by atoms with Crippen molar-refractivity contribution in [2.24, 2.45) is 7.05 Å². The van der Waals surface area contributed by atoms with Crippen LogP contribution in [0.2, 0.25) is 0 Å². The van der Waals surface area contributed by atoms with Crippen LogP contribution in [0.4, 0.5) is 5.69 Å². The molecule has 7 nitrogen and oxygen atoms in total. The number of aromatic nitrogens is 2. The van der Waals surface area contributed by atoms with E-state index in [1.54, 1.807) is 31.9 Å². The molecule has 2 aromatic rings. The van der Waals surface area contributed by atoms with Crippen LogP contribution in [0.25, 0.3) is 0 Å². The van der Waals surface area contributed by atoms with E-state index in [9.17, 15) is 8.42 Å². The Kier molecular flexibility index (Phi) is 4.21. The standard InChI is InChI=1S/C11H15BrN4O3S/c1-7-9(6-16(3)14-7)15-20(17,18)10-4-8(5-13-2)19-11(10)12/h4,6,13,15H,5H2,1-3H3. The zero-order valence-electron chi connectivity index (χ0n) is 11.3. The van der Waals surface area contributed by atoms with E-state index in [1.165, 1.54) is 6.07 Å². The van der Waals surface area contributed by atoms with Gasteiger partial charge in [0.2, 0.25) is 0 Å². The van der Waals surface area contributed by atoms with E-state index in [4.69, 9.17) is 4.42 Å². The van der Waals surface area contributed by atoms with Gasteiger partial charge in [0.1, 0.15) is 10.7 Å². The molecular weight excluding hydrogens is 348 g/mol. The van der Waals surface area contributed by atoms with E-state index >= 15 is 0 Å². The molecule has 0 atom stereocenters. The van der Waals surface area contributed by atoms with Crippen molar-refractivity contribution in [1.29, 1.82) is 0 Å². The molecular formula is C11H15BrN4O3S. The number of halogens is 1. The smallest absolute Gasteiger partial charge is 0.266 e. The van der Waals surface area contributed by atoms with E-state index in [0.29, 0.717) is 23.7 Å². The largest absolute Gasteiger partial charge is 0.451 e. The van der Waals surface area contributed by atoms with Crippen molar-refractivity contribution >= 4 is 31.6 Å². The van der Waals surface area contributed by atoms with Crippen molar-refractivity contribution < 1.29 is 12.8 Å². The van der Waals surface area contributed by atoms with Gasteiger partial charge in [0.15, 0.2) is 4.67 Å². The Morgan fingerprint density at radius 3 is 2.75 bits per heavy atom. The van der Waals surface area contributed by atoms with Crippen molar-refractivity contribution in [3.63, 3.8) is 0 Å². The highest BCUT2D eigenvalue weighted by atomic mass is 79.9. The normalized spacial score (nSPS) is 11.8. The number of nitrogens with one attached hydrogen (secondary N) is 2. The second-order valence-electron chi connectivity index (χ2n) is 4.29. The molecule has 2 heterocycles. The first-order valence-corrected chi connectivity index (χ1v) is 8.07. The summed E-state index contributed by atoms with van der Waals surface area (Å²) in [7, 11) is -0.245. The highest BCUT2D eigenvalue weighted by Gasteiger charge is 2.23. The number of aryl methyl sites for hydroxylation is 2. The summed E-state index contributed by atoms with van der Waals surface area (Å²) in [5.41, 5.74) is 1.04. The maximum absolute atomic E-state index is 12.3. The predicted molar refractivity (Wildman–Crippen MR) is 77.9 cm³/mol. The van der Waals surface area contributed by atoms with E-state index in [0.717, 1.165) is 0 Å². The molecule has 0 fully saturated rings. The number of hydrogen-bond acceptors (Lipinski definition) is 5. The summed E-state index contributed by atoms with van der Waals surface area (Å²) in [5, 5.41) is 6.99. The SMILES string of the molecule is CNCc1cc(S(=O)(=O)Nc2cn(C)nc2C)c(Br)o1. The summed E-state index contributed by atoms with van der Waals surface area (Å²) in [4.78, 5) is 0.0611. The lowest BCUT2D eigenvalue weighted by molar-refractivity contribution is 0.470. The Bertz CT molecular complexity index is 720. The molecule has 2 aromatic heterocycles. The van der Waals surface area contributed by atoms with Crippen molar-refractivity contribution in [2.75, 3.05) is 11.8 Å². The topological polar surface area (TPSA) is 89.2 Å². The summed E-state index contributed by atoms with van der Waals surface area (Å²) in [6.07, 6.45) is 1.61. The van der Waals surface area contributed by atoms with Crippen molar-refractivity contribution in [2.45, 2.75) is 18.4 Å². The minimum absolute atomic E-state index is 0.0611. The fourth-order valence-electron chi connectivity index (χ4n) is 1.74. The van der Waals surface area contributed by atoms with Crippen LogP contribution in [-0.4, -0.2) is 25.2 Å². The lowest BCUT2D eigenvalue weighted by atomic mass is 10.4. The number of furan rings is 1. The van der Waals surface area contributed by atoms with Crippen LogP contribution in [0.3, 0.4) is 0 Å². The first-order chi connectivity index (χ1) is 9.33. The zero-order valence-corrected chi connectivity index (χ0v) is 13.7. The molecule has 20 heavy (non-hydrogen) atoms. The molecule has 2 rings (SSSR count). The summed E-state index contributed by atoms with van der Waals surface area (Å²) in [6.45, 7) is 2.18. The number of nitrogens with zero attached hydrogens (tertiary/aromatic N) is 2. The Morgan fingerprint density at radius 1 is 1.50 bits per heavy atom. The van der Waals surface area contributed by atoms with Crippen LogP contribution in [-0.2, 0) is 23.6 Å². The Hall–Kier alpha value is -1.32. The van der Waals surface area contributed by atoms with Gasteiger partial charge in [0.05, 0.1) is 17.9 Å². The Balaban J connectivity index is 2.33. The summed E-state index contributed by atoms with van der Waals surface area (Å²) >= 11 is 3.13. The van der Waals surface area contributed by atoms with Gasteiger partial charge in [-0.3, -0.25) is 9.40 Å². The Labute approximate surface area is 125 Å². The third kappa shape index (κ3) is 3.05. The predicted octanol–water partition coefficient (Wildman–Crippen LogP) is 1.60. The van der Waals surface area contributed by atoms with Crippen LogP contribution >= 0.6 is 15.9 Å². The van der Waals surface area contributed by atoms with E-state index in [2.05, 4.69) is 31.1 Å². The molecule has 0 aliphatic heterocycles. The minimum Gasteiger partial charge on any atom is -0.451 e. The van der Waals surface area contributed by atoms with Gasteiger partial charge in [0, 0.05) is 19.3 Å². The second-order valence-corrected chi connectivity index (χ2v) is 6.66. The van der Waals surface area contributed by atoms with E-state index < -0.39 is 10.0 Å². The van der Waals surface area contributed by atoms with Gasteiger partial charge in [-0.15, -0.1) is 0 Å². The van der Waals surface area contributed by atoms with Crippen LogP contribution in [0.1, 0.15) is 11.5 Å². The third-order valence-corrected chi connectivity index (χ3v) is 4.83. The average molecular weight is 363 g/mol. The molecule has 9 heteroatoms. The summed E-state index contributed by atoms with van der Waals surface area (Å²) in [5.74, 6) is 0.530. The fraction of sp³-hybridized carbons (Fsp3) is 0.364. The highest BCUT2D eigenvalue weighted by molar-refractivity contribution is 9.10. The molecule has 0 bridgehead atoms. The van der Waals surface area contributed by atoms with Gasteiger partial charge in [-0.1, -0.05) is 0 Å². The highest BCUT2D eigenvalue weighted by Crippen LogP contribution is 2.28. The van der Waals surface area contributed by atoms with Crippen LogP contribution in [0.15, 0.2) is 26.2 Å². The fourth-order valence-corrected chi connectivity index (χ4v) is 3.84. The van der Waals surface area contributed by atoms with Gasteiger partial charge in [-0.25, -0.2) is 8.42 Å². The quantitative estimate of drug-likeness (QED) is 0.843. The monoisotopic (exact) mass is 362 g/mol. The second kappa shape index (κ2) is 5.58. The van der Waals surface area contributed by atoms with Crippen molar-refractivity contribution in [1.82, 2.24) is 15.1 Å². The van der Waals surface area contributed by atoms with E-state index in [-0.39, 0.29) is 9.56 Å². The maximum Gasteiger partial charge on any atom is 0.266 e. The van der Waals surface area contributed by atoms with Gasteiger partial charge in [-0.05, 0) is 29.9 Å². The van der Waals surface area contributed by atoms with Crippen molar-refractivity contribution in [3.8, 4) is 0 Å². The van der Waals surface area contributed by atoms with Gasteiger partial charge < -0.3 is 9.73 Å². The molecule has 0 aliphatic rings. The lowest BCUT2D eigenvalue weighted by Gasteiger charge is -2.04. The minimum atomic E-state index is -3.72. The molecule has 0 spiro atoms. The van der Waals surface area contributed by atoms with Crippen molar-refractivity contribution in [3.05, 3.63) is 28.4 Å². The number of anilines is 1. The number of rotatable bonds is 5. The number of sulfonamides is 1. The number of hydrogen-bond donors (Lipinski definition) is 2. The zero-order chi connectivity index (χ0) is 14.9. The van der Waals surface area contributed by atoms with Gasteiger partial charge in [-0.2, -0.15) is 5.10 Å². The maximum atomic E-state index is 12.3. The lowest BCUT2D eigenvalue weighted by Crippen LogP contribution is -2.13. The molecule has 0 saturated carbocycles. The Morgan fingerprint density at radius 2 is 2.20 bits per heavy atom. The first-order valence-electron chi connectivity index (χ1n) is 5.79. The molecule has 2 N–H and O–H groups in total. The molecule has 0 saturated heterocycles. The molecule has 0 radical (unpaired) electrons. The summed E-state index contributed by atoms with van der Waals surface area (Å²) in [6, 6.07) is 1.48. The van der Waals surface area contributed by atoms with Crippen LogP contribution in [0, 0.1) is 6.92 Å². The first kappa shape index (κ1) is 15.1. The van der Waals surface area contributed by atoms with Crippen LogP contribution < -0.4 is 10.0 Å². The molecule has 110 valence electrons. The van der Waals surface area contributed by atoms with Gasteiger partial charge >= 0.3 is 0 Å². The third-order valence-electron chi connectivity index (χ3n) is 2.60. The van der Waals surface area contributed by atoms with Crippen LogP contribution in [0.5, 0.6) is 0 Å². The molecule has 0 aromatic carbocycles.